The third-order valence-corrected chi connectivity index (χ3v) is 9.25. The van der Waals surface area contributed by atoms with E-state index in [1.807, 2.05) is 34.6 Å². The average Bonchev–Trinajstić information content (AvgIpc) is 3.60. The molecule has 1 saturated heterocycles. The van der Waals surface area contributed by atoms with Crippen LogP contribution in [0, 0.1) is 28.4 Å². The number of nitriles is 1. The van der Waals surface area contributed by atoms with E-state index >= 15 is 8.78 Å². The smallest absolute Gasteiger partial charge is 0.243 e. The SMILES string of the molecule is CC(C)(C)CC1NC(C(=O)Nc2ccn(CC(C)(C)OCC(O)CNCCCO)n2)C(c2cccc(Cl)c2F)C1(C#N)c1ccc(Cl)cc1F. The number of aliphatic hydroxyl groups is 2. The van der Waals surface area contributed by atoms with Crippen LogP contribution in [0.15, 0.2) is 48.7 Å². The maximum absolute atomic E-state index is 15.9. The highest BCUT2D eigenvalue weighted by Gasteiger charge is 2.61. The van der Waals surface area contributed by atoms with Gasteiger partial charge in [0.15, 0.2) is 5.82 Å². The fraction of sp³-hybridized carbons (Fsp3) is 0.528. The van der Waals surface area contributed by atoms with Gasteiger partial charge in [0.1, 0.15) is 17.0 Å². The van der Waals surface area contributed by atoms with Crippen molar-refractivity contribution < 1.29 is 28.5 Å². The van der Waals surface area contributed by atoms with Gasteiger partial charge in [-0.05, 0) is 62.4 Å². The van der Waals surface area contributed by atoms with Crippen molar-refractivity contribution in [1.29, 1.82) is 5.26 Å². The summed E-state index contributed by atoms with van der Waals surface area (Å²) >= 11 is 12.3. The Morgan fingerprint density at radius 3 is 2.60 bits per heavy atom. The fourth-order valence-electron chi connectivity index (χ4n) is 6.57. The van der Waals surface area contributed by atoms with Crippen LogP contribution in [-0.2, 0) is 21.5 Å². The number of carbonyl (C=O) groups is 1. The van der Waals surface area contributed by atoms with Gasteiger partial charge in [-0.25, -0.2) is 8.78 Å². The molecule has 5 N–H and O–H groups in total. The number of aliphatic hydroxyl groups excluding tert-OH is 2. The Balaban J connectivity index is 1.64. The molecule has 272 valence electrons. The summed E-state index contributed by atoms with van der Waals surface area (Å²) in [6, 6.07) is 10.3. The van der Waals surface area contributed by atoms with Gasteiger partial charge in [0, 0.05) is 48.0 Å². The molecule has 0 radical (unpaired) electrons. The molecular weight excluding hydrogens is 689 g/mol. The first-order chi connectivity index (χ1) is 23.5. The molecule has 2 heterocycles. The van der Waals surface area contributed by atoms with E-state index in [2.05, 4.69) is 27.1 Å². The molecule has 0 saturated carbocycles. The number of nitrogens with one attached hydrogen (secondary N) is 3. The Labute approximate surface area is 302 Å². The third-order valence-electron chi connectivity index (χ3n) is 8.72. The first-order valence-corrected chi connectivity index (χ1v) is 17.3. The first kappa shape index (κ1) is 39.6. The number of hydrogen-bond donors (Lipinski definition) is 5. The number of rotatable bonds is 15. The summed E-state index contributed by atoms with van der Waals surface area (Å²) < 4.78 is 39.3. The van der Waals surface area contributed by atoms with Crippen LogP contribution in [0.25, 0.3) is 0 Å². The Morgan fingerprint density at radius 1 is 1.20 bits per heavy atom. The van der Waals surface area contributed by atoms with Crippen LogP contribution in [0.4, 0.5) is 14.6 Å². The number of ether oxygens (including phenoxy) is 1. The van der Waals surface area contributed by atoms with Crippen molar-refractivity contribution in [3.8, 4) is 6.07 Å². The highest BCUT2D eigenvalue weighted by Crippen LogP contribution is 2.52. The van der Waals surface area contributed by atoms with Crippen molar-refractivity contribution in [2.24, 2.45) is 5.41 Å². The van der Waals surface area contributed by atoms with Crippen LogP contribution in [0.3, 0.4) is 0 Å². The Morgan fingerprint density at radius 2 is 1.94 bits per heavy atom. The van der Waals surface area contributed by atoms with Crippen LogP contribution in [0.2, 0.25) is 10.0 Å². The van der Waals surface area contributed by atoms with E-state index in [9.17, 15) is 15.2 Å². The fourth-order valence-corrected chi connectivity index (χ4v) is 6.91. The minimum absolute atomic E-state index is 0.00679. The lowest BCUT2D eigenvalue weighted by Gasteiger charge is -2.37. The van der Waals surface area contributed by atoms with Crippen molar-refractivity contribution >= 4 is 34.9 Å². The number of carbonyl (C=O) groups excluding carboxylic acids is 1. The van der Waals surface area contributed by atoms with E-state index in [1.54, 1.807) is 16.9 Å². The highest BCUT2D eigenvalue weighted by molar-refractivity contribution is 6.31. The summed E-state index contributed by atoms with van der Waals surface area (Å²) in [6.07, 6.45) is 1.83. The lowest BCUT2D eigenvalue weighted by molar-refractivity contribution is -0.118. The van der Waals surface area contributed by atoms with Crippen molar-refractivity contribution in [3.05, 3.63) is 81.5 Å². The molecule has 14 heteroatoms. The first-order valence-electron chi connectivity index (χ1n) is 16.6. The molecule has 1 aliphatic heterocycles. The quantitative estimate of drug-likeness (QED) is 0.128. The minimum Gasteiger partial charge on any atom is -0.396 e. The number of nitrogens with zero attached hydrogens (tertiary/aromatic N) is 3. The summed E-state index contributed by atoms with van der Waals surface area (Å²) in [5, 5.41) is 43.8. The molecule has 1 aliphatic rings. The largest absolute Gasteiger partial charge is 0.396 e. The second-order valence-corrected chi connectivity index (χ2v) is 15.4. The number of aromatic nitrogens is 2. The molecule has 5 unspecified atom stereocenters. The molecule has 50 heavy (non-hydrogen) atoms. The standard InChI is InChI=1S/C36H46Cl2F2N6O4/c1-34(2,3)17-28-36(20-41,25-11-10-22(37)16-27(25)39)30(24-8-6-9-26(38)31(24)40)32(43-28)33(49)44-29-12-14-46(45-29)21-35(4,5)50-19-23(48)18-42-13-7-15-47/h6,8-12,14,16,23,28,30,32,42-43,47-48H,7,13,15,17-19,21H2,1-5H3,(H,44,45,49). The van der Waals surface area contributed by atoms with E-state index in [1.165, 1.54) is 30.3 Å². The van der Waals surface area contributed by atoms with Gasteiger partial charge in [0.2, 0.25) is 5.91 Å². The van der Waals surface area contributed by atoms with Crippen LogP contribution < -0.4 is 16.0 Å². The van der Waals surface area contributed by atoms with E-state index in [-0.39, 0.29) is 52.2 Å². The second-order valence-electron chi connectivity index (χ2n) is 14.6. The molecule has 1 amide bonds. The highest BCUT2D eigenvalue weighted by atomic mass is 35.5. The van der Waals surface area contributed by atoms with Crippen LogP contribution in [-0.4, -0.2) is 76.0 Å². The Bertz CT molecular complexity index is 1680. The zero-order chi connectivity index (χ0) is 36.9. The number of halogens is 4. The molecule has 2 aromatic carbocycles. The van der Waals surface area contributed by atoms with Crippen molar-refractivity contribution in [3.63, 3.8) is 0 Å². The lowest BCUT2D eigenvalue weighted by atomic mass is 9.62. The average molecular weight is 736 g/mol. The molecule has 0 aliphatic carbocycles. The maximum atomic E-state index is 15.9. The molecule has 1 aromatic heterocycles. The lowest BCUT2D eigenvalue weighted by Crippen LogP contribution is -2.45. The second kappa shape index (κ2) is 16.5. The predicted octanol–water partition coefficient (Wildman–Crippen LogP) is 5.56. The van der Waals surface area contributed by atoms with Crippen LogP contribution >= 0.6 is 23.2 Å². The van der Waals surface area contributed by atoms with Gasteiger partial charge in [-0.15, -0.1) is 0 Å². The van der Waals surface area contributed by atoms with Gasteiger partial charge >= 0.3 is 0 Å². The van der Waals surface area contributed by atoms with Gasteiger partial charge in [0.05, 0.1) is 42.0 Å². The molecule has 0 spiro atoms. The molecular formula is C36H46Cl2F2N6O4. The topological polar surface area (TPSA) is 144 Å². The maximum Gasteiger partial charge on any atom is 0.243 e. The van der Waals surface area contributed by atoms with E-state index in [0.717, 1.165) is 6.07 Å². The molecule has 1 fully saturated rings. The molecule has 5 atom stereocenters. The van der Waals surface area contributed by atoms with Gasteiger partial charge < -0.3 is 30.9 Å². The van der Waals surface area contributed by atoms with Gasteiger partial charge in [0.25, 0.3) is 0 Å². The van der Waals surface area contributed by atoms with Crippen LogP contribution in [0.5, 0.6) is 0 Å². The third kappa shape index (κ3) is 9.39. The monoisotopic (exact) mass is 734 g/mol. The van der Waals surface area contributed by atoms with Gasteiger partial charge in [-0.3, -0.25) is 9.48 Å². The summed E-state index contributed by atoms with van der Waals surface area (Å²) in [5.41, 5.74) is -2.90. The number of amides is 1. The van der Waals surface area contributed by atoms with Crippen LogP contribution in [0.1, 0.15) is 64.5 Å². The number of benzene rings is 2. The summed E-state index contributed by atoms with van der Waals surface area (Å²) in [5.74, 6) is -3.17. The Hall–Kier alpha value is -3.15. The van der Waals surface area contributed by atoms with E-state index < -0.39 is 52.7 Å². The van der Waals surface area contributed by atoms with Gasteiger partial charge in [-0.2, -0.15) is 10.4 Å². The summed E-state index contributed by atoms with van der Waals surface area (Å²) in [6.45, 7) is 10.9. The number of hydrogen-bond acceptors (Lipinski definition) is 8. The van der Waals surface area contributed by atoms with Crippen molar-refractivity contribution in [2.75, 3.05) is 31.6 Å². The number of anilines is 1. The Kier molecular flexibility index (Phi) is 13.0. The van der Waals surface area contributed by atoms with Crippen molar-refractivity contribution in [1.82, 2.24) is 20.4 Å². The molecule has 3 aromatic rings. The minimum atomic E-state index is -1.75. The normalized spacial score (nSPS) is 21.6. The van der Waals surface area contributed by atoms with Crippen molar-refractivity contribution in [2.45, 2.75) is 89.1 Å². The zero-order valence-electron chi connectivity index (χ0n) is 28.9. The molecule has 4 rings (SSSR count). The molecule has 10 nitrogen and oxygen atoms in total. The molecule has 0 bridgehead atoms. The summed E-state index contributed by atoms with van der Waals surface area (Å²) in [4.78, 5) is 14.2. The zero-order valence-corrected chi connectivity index (χ0v) is 30.5. The van der Waals surface area contributed by atoms with E-state index in [0.29, 0.717) is 25.9 Å². The van der Waals surface area contributed by atoms with Gasteiger partial charge in [-0.1, -0.05) is 62.2 Å². The summed E-state index contributed by atoms with van der Waals surface area (Å²) in [7, 11) is 0. The predicted molar refractivity (Wildman–Crippen MR) is 189 cm³/mol. The van der Waals surface area contributed by atoms with E-state index in [4.69, 9.17) is 33.0 Å².